The predicted octanol–water partition coefficient (Wildman–Crippen LogP) is 3.19. The van der Waals surface area contributed by atoms with E-state index in [2.05, 4.69) is 25.2 Å². The molecular formula is C15H19NO2. The Kier molecular flexibility index (Phi) is 4.05. The molecule has 3 heteroatoms. The van der Waals surface area contributed by atoms with E-state index in [9.17, 15) is 0 Å². The van der Waals surface area contributed by atoms with Crippen molar-refractivity contribution in [1.29, 1.82) is 0 Å². The number of rotatable bonds is 5. The van der Waals surface area contributed by atoms with Crippen molar-refractivity contribution >= 4 is 0 Å². The number of furan rings is 1. The molecule has 0 radical (unpaired) electrons. The van der Waals surface area contributed by atoms with E-state index in [0.717, 1.165) is 23.6 Å². The second-order valence-electron chi connectivity index (χ2n) is 4.49. The Morgan fingerprint density at radius 2 is 2.00 bits per heavy atom. The van der Waals surface area contributed by atoms with Crippen molar-refractivity contribution < 1.29 is 9.15 Å². The molecule has 2 rings (SSSR count). The second-order valence-corrected chi connectivity index (χ2v) is 4.49. The van der Waals surface area contributed by atoms with Crippen LogP contribution in [0, 0.1) is 13.8 Å². The molecule has 0 aliphatic rings. The van der Waals surface area contributed by atoms with Crippen LogP contribution in [0.25, 0.3) is 0 Å². The lowest BCUT2D eigenvalue weighted by atomic mass is 10.1. The smallest absolute Gasteiger partial charge is 0.146 e. The average Bonchev–Trinajstić information content (AvgIpc) is 2.79. The van der Waals surface area contributed by atoms with Crippen molar-refractivity contribution in [1.82, 2.24) is 5.32 Å². The largest absolute Gasteiger partial charge is 0.486 e. The Hall–Kier alpha value is -1.74. The van der Waals surface area contributed by atoms with Gasteiger partial charge in [-0.15, -0.1) is 0 Å². The Morgan fingerprint density at radius 3 is 2.72 bits per heavy atom. The highest BCUT2D eigenvalue weighted by atomic mass is 16.5. The quantitative estimate of drug-likeness (QED) is 0.878. The standard InChI is InChI=1S/C15H19NO2/c1-11-4-5-14(6-12(11)2)18-10-15-7-13(8-16-3)9-17-15/h4-7,9,16H,8,10H2,1-3H3. The van der Waals surface area contributed by atoms with Crippen LogP contribution >= 0.6 is 0 Å². The van der Waals surface area contributed by atoms with E-state index in [-0.39, 0.29) is 0 Å². The summed E-state index contributed by atoms with van der Waals surface area (Å²) in [6.07, 6.45) is 1.76. The van der Waals surface area contributed by atoms with Crippen LogP contribution in [0.1, 0.15) is 22.5 Å². The zero-order valence-corrected chi connectivity index (χ0v) is 11.1. The molecule has 0 fully saturated rings. The Labute approximate surface area is 108 Å². The third kappa shape index (κ3) is 3.14. The normalized spacial score (nSPS) is 10.6. The molecular weight excluding hydrogens is 226 g/mol. The van der Waals surface area contributed by atoms with Crippen LogP contribution in [0.5, 0.6) is 5.75 Å². The van der Waals surface area contributed by atoms with Gasteiger partial charge in [0.25, 0.3) is 0 Å². The molecule has 1 aromatic heterocycles. The van der Waals surface area contributed by atoms with Gasteiger partial charge in [-0.05, 0) is 50.2 Å². The molecule has 0 aliphatic heterocycles. The molecule has 96 valence electrons. The van der Waals surface area contributed by atoms with Gasteiger partial charge < -0.3 is 14.5 Å². The summed E-state index contributed by atoms with van der Waals surface area (Å²) in [6.45, 7) is 5.45. The zero-order valence-electron chi connectivity index (χ0n) is 11.1. The van der Waals surface area contributed by atoms with Crippen molar-refractivity contribution in [3.63, 3.8) is 0 Å². The molecule has 0 bridgehead atoms. The lowest BCUT2D eigenvalue weighted by molar-refractivity contribution is 0.270. The highest BCUT2D eigenvalue weighted by molar-refractivity contribution is 5.33. The number of hydrogen-bond acceptors (Lipinski definition) is 3. The van der Waals surface area contributed by atoms with Crippen LogP contribution in [0.4, 0.5) is 0 Å². The van der Waals surface area contributed by atoms with Crippen molar-refractivity contribution in [3.8, 4) is 5.75 Å². The summed E-state index contributed by atoms with van der Waals surface area (Å²) in [4.78, 5) is 0. The SMILES string of the molecule is CNCc1coc(COc2ccc(C)c(C)c2)c1. The van der Waals surface area contributed by atoms with Gasteiger partial charge in [0.2, 0.25) is 0 Å². The summed E-state index contributed by atoms with van der Waals surface area (Å²) >= 11 is 0. The highest BCUT2D eigenvalue weighted by Crippen LogP contribution is 2.18. The van der Waals surface area contributed by atoms with Gasteiger partial charge >= 0.3 is 0 Å². The summed E-state index contributed by atoms with van der Waals surface area (Å²) in [5.74, 6) is 1.73. The van der Waals surface area contributed by atoms with Crippen molar-refractivity contribution in [2.75, 3.05) is 7.05 Å². The van der Waals surface area contributed by atoms with E-state index in [1.54, 1.807) is 6.26 Å². The number of benzene rings is 1. The highest BCUT2D eigenvalue weighted by Gasteiger charge is 2.03. The first-order valence-electron chi connectivity index (χ1n) is 6.10. The van der Waals surface area contributed by atoms with E-state index in [1.165, 1.54) is 11.1 Å². The van der Waals surface area contributed by atoms with Gasteiger partial charge in [0.05, 0.1) is 6.26 Å². The van der Waals surface area contributed by atoms with E-state index in [4.69, 9.17) is 9.15 Å². The monoisotopic (exact) mass is 245 g/mol. The maximum absolute atomic E-state index is 5.71. The van der Waals surface area contributed by atoms with E-state index < -0.39 is 0 Å². The molecule has 0 amide bonds. The fraction of sp³-hybridized carbons (Fsp3) is 0.333. The molecule has 2 aromatic rings. The predicted molar refractivity (Wildman–Crippen MR) is 71.7 cm³/mol. The summed E-state index contributed by atoms with van der Waals surface area (Å²) < 4.78 is 11.1. The molecule has 0 saturated heterocycles. The van der Waals surface area contributed by atoms with Gasteiger partial charge in [0, 0.05) is 12.1 Å². The summed E-state index contributed by atoms with van der Waals surface area (Å²) in [5.41, 5.74) is 3.65. The van der Waals surface area contributed by atoms with Crippen LogP contribution in [-0.4, -0.2) is 7.05 Å². The Balaban J connectivity index is 1.95. The van der Waals surface area contributed by atoms with Crippen LogP contribution in [0.2, 0.25) is 0 Å². The maximum atomic E-state index is 5.71. The minimum absolute atomic E-state index is 0.464. The maximum Gasteiger partial charge on any atom is 0.146 e. The number of aryl methyl sites for hydroxylation is 2. The van der Waals surface area contributed by atoms with Gasteiger partial charge in [-0.1, -0.05) is 6.07 Å². The first-order valence-corrected chi connectivity index (χ1v) is 6.10. The van der Waals surface area contributed by atoms with Crippen molar-refractivity contribution in [2.24, 2.45) is 0 Å². The average molecular weight is 245 g/mol. The van der Waals surface area contributed by atoms with Crippen LogP contribution in [0.15, 0.2) is 34.9 Å². The molecule has 0 saturated carbocycles. The second kappa shape index (κ2) is 5.74. The fourth-order valence-electron chi connectivity index (χ4n) is 1.76. The molecule has 0 spiro atoms. The van der Waals surface area contributed by atoms with E-state index in [0.29, 0.717) is 6.61 Å². The molecule has 18 heavy (non-hydrogen) atoms. The molecule has 3 nitrogen and oxygen atoms in total. The van der Waals surface area contributed by atoms with E-state index in [1.807, 2.05) is 25.2 Å². The lowest BCUT2D eigenvalue weighted by Crippen LogP contribution is -2.03. The van der Waals surface area contributed by atoms with Crippen molar-refractivity contribution in [2.45, 2.75) is 27.0 Å². The van der Waals surface area contributed by atoms with Gasteiger partial charge in [-0.3, -0.25) is 0 Å². The minimum Gasteiger partial charge on any atom is -0.486 e. The van der Waals surface area contributed by atoms with Crippen LogP contribution in [-0.2, 0) is 13.2 Å². The molecule has 1 aromatic carbocycles. The topological polar surface area (TPSA) is 34.4 Å². The van der Waals surface area contributed by atoms with Gasteiger partial charge in [0.15, 0.2) is 0 Å². The number of ether oxygens (including phenoxy) is 1. The third-order valence-corrected chi connectivity index (χ3v) is 2.95. The first kappa shape index (κ1) is 12.7. The van der Waals surface area contributed by atoms with Gasteiger partial charge in [-0.25, -0.2) is 0 Å². The molecule has 0 aliphatic carbocycles. The minimum atomic E-state index is 0.464. The fourth-order valence-corrected chi connectivity index (χ4v) is 1.76. The van der Waals surface area contributed by atoms with Crippen LogP contribution in [0.3, 0.4) is 0 Å². The summed E-state index contributed by atoms with van der Waals surface area (Å²) in [5, 5.41) is 3.08. The number of hydrogen-bond donors (Lipinski definition) is 1. The third-order valence-electron chi connectivity index (χ3n) is 2.95. The van der Waals surface area contributed by atoms with Crippen LogP contribution < -0.4 is 10.1 Å². The van der Waals surface area contributed by atoms with Gasteiger partial charge in [-0.2, -0.15) is 0 Å². The molecule has 1 heterocycles. The summed E-state index contributed by atoms with van der Waals surface area (Å²) in [7, 11) is 1.91. The Morgan fingerprint density at radius 1 is 1.17 bits per heavy atom. The van der Waals surface area contributed by atoms with Gasteiger partial charge in [0.1, 0.15) is 18.1 Å². The molecule has 0 unspecified atom stereocenters. The summed E-state index contributed by atoms with van der Waals surface area (Å²) in [6, 6.07) is 8.11. The lowest BCUT2D eigenvalue weighted by Gasteiger charge is -2.06. The van der Waals surface area contributed by atoms with Crippen molar-refractivity contribution in [3.05, 3.63) is 53.0 Å². The molecule has 0 atom stereocenters. The number of nitrogens with one attached hydrogen (secondary N) is 1. The zero-order chi connectivity index (χ0) is 13.0. The van der Waals surface area contributed by atoms with E-state index >= 15 is 0 Å². The Bertz CT molecular complexity index is 517. The molecule has 1 N–H and O–H groups in total. The first-order chi connectivity index (χ1) is 8.69.